The number of piperazine rings is 1. The van der Waals surface area contributed by atoms with Crippen LogP contribution in [0.5, 0.6) is 0 Å². The summed E-state index contributed by atoms with van der Waals surface area (Å²) < 4.78 is 0. The van der Waals surface area contributed by atoms with Crippen molar-refractivity contribution in [2.24, 2.45) is 5.92 Å². The Labute approximate surface area is 121 Å². The standard InChI is InChI=1S/C16H26N2O2/c1-4-5-10-18-13(11-12(2)3)14(19)17-16(15(18)20)8-6-7-9-16/h4-5,12-13H,6-11H2,1-3H3,(H,17,19)/b5-4+. The van der Waals surface area contributed by atoms with Crippen LogP contribution in [0.4, 0.5) is 0 Å². The van der Waals surface area contributed by atoms with Gasteiger partial charge in [0.15, 0.2) is 0 Å². The summed E-state index contributed by atoms with van der Waals surface area (Å²) >= 11 is 0. The van der Waals surface area contributed by atoms with E-state index in [1.54, 1.807) is 4.90 Å². The highest BCUT2D eigenvalue weighted by Crippen LogP contribution is 2.35. The Hall–Kier alpha value is -1.32. The fourth-order valence-electron chi connectivity index (χ4n) is 3.36. The van der Waals surface area contributed by atoms with E-state index in [4.69, 9.17) is 0 Å². The van der Waals surface area contributed by atoms with E-state index < -0.39 is 5.54 Å². The largest absolute Gasteiger partial charge is 0.340 e. The molecule has 4 nitrogen and oxygen atoms in total. The van der Waals surface area contributed by atoms with Crippen molar-refractivity contribution >= 4 is 11.8 Å². The molecular weight excluding hydrogens is 252 g/mol. The zero-order valence-electron chi connectivity index (χ0n) is 12.8. The molecule has 1 N–H and O–H groups in total. The average Bonchev–Trinajstić information content (AvgIpc) is 2.85. The van der Waals surface area contributed by atoms with Gasteiger partial charge in [0.1, 0.15) is 11.6 Å². The van der Waals surface area contributed by atoms with Crippen LogP contribution >= 0.6 is 0 Å². The van der Waals surface area contributed by atoms with E-state index >= 15 is 0 Å². The SMILES string of the molecule is C/C=C/CN1C(=O)C2(CCCC2)NC(=O)C1CC(C)C. The maximum atomic E-state index is 12.9. The van der Waals surface area contributed by atoms with E-state index in [0.29, 0.717) is 12.5 Å². The molecule has 0 aromatic carbocycles. The molecule has 2 fully saturated rings. The topological polar surface area (TPSA) is 49.4 Å². The first-order valence-electron chi connectivity index (χ1n) is 7.74. The molecule has 2 aliphatic rings. The van der Waals surface area contributed by atoms with Crippen LogP contribution in [-0.2, 0) is 9.59 Å². The molecule has 4 heteroatoms. The molecule has 1 saturated heterocycles. The summed E-state index contributed by atoms with van der Waals surface area (Å²) in [5.41, 5.74) is -0.605. The Kier molecular flexibility index (Phi) is 4.51. The number of carbonyl (C=O) groups is 2. The predicted molar refractivity (Wildman–Crippen MR) is 79.1 cm³/mol. The number of hydrogen-bond donors (Lipinski definition) is 1. The van der Waals surface area contributed by atoms with Crippen molar-refractivity contribution in [2.75, 3.05) is 6.54 Å². The van der Waals surface area contributed by atoms with Gasteiger partial charge in [-0.25, -0.2) is 0 Å². The second-order valence-electron chi connectivity index (χ2n) is 6.45. The van der Waals surface area contributed by atoms with Gasteiger partial charge in [0.2, 0.25) is 11.8 Å². The van der Waals surface area contributed by atoms with Crippen molar-refractivity contribution in [1.82, 2.24) is 10.2 Å². The third-order valence-electron chi connectivity index (χ3n) is 4.40. The molecule has 1 unspecified atom stereocenters. The minimum Gasteiger partial charge on any atom is -0.340 e. The van der Waals surface area contributed by atoms with E-state index in [2.05, 4.69) is 19.2 Å². The lowest BCUT2D eigenvalue weighted by Gasteiger charge is -2.44. The Morgan fingerprint density at radius 3 is 2.55 bits per heavy atom. The minimum absolute atomic E-state index is 0.0321. The van der Waals surface area contributed by atoms with Gasteiger partial charge < -0.3 is 10.2 Å². The van der Waals surface area contributed by atoms with Crippen molar-refractivity contribution < 1.29 is 9.59 Å². The molecule has 1 heterocycles. The molecule has 0 bridgehead atoms. The molecule has 1 aliphatic heterocycles. The maximum Gasteiger partial charge on any atom is 0.249 e. The van der Waals surface area contributed by atoms with Gasteiger partial charge in [0.25, 0.3) is 0 Å². The highest BCUT2D eigenvalue weighted by Gasteiger charge is 2.51. The molecule has 1 atom stereocenters. The van der Waals surface area contributed by atoms with Crippen LogP contribution in [0.1, 0.15) is 52.9 Å². The van der Waals surface area contributed by atoms with Crippen LogP contribution in [0.15, 0.2) is 12.2 Å². The molecule has 0 aromatic rings. The molecule has 2 rings (SSSR count). The van der Waals surface area contributed by atoms with E-state index in [0.717, 1.165) is 32.1 Å². The summed E-state index contributed by atoms with van der Waals surface area (Å²) in [6.45, 7) is 6.66. The maximum absolute atomic E-state index is 12.9. The van der Waals surface area contributed by atoms with Gasteiger partial charge >= 0.3 is 0 Å². The van der Waals surface area contributed by atoms with Crippen molar-refractivity contribution in [2.45, 2.75) is 64.5 Å². The van der Waals surface area contributed by atoms with Crippen LogP contribution in [0, 0.1) is 5.92 Å². The van der Waals surface area contributed by atoms with E-state index in [1.165, 1.54) is 0 Å². The first kappa shape index (κ1) is 15.1. The number of carbonyl (C=O) groups excluding carboxylic acids is 2. The van der Waals surface area contributed by atoms with E-state index in [9.17, 15) is 9.59 Å². The Balaban J connectivity index is 2.25. The molecule has 112 valence electrons. The molecular formula is C16H26N2O2. The molecule has 20 heavy (non-hydrogen) atoms. The lowest BCUT2D eigenvalue weighted by atomic mass is 9.88. The lowest BCUT2D eigenvalue weighted by Crippen LogP contribution is -2.69. The van der Waals surface area contributed by atoms with Gasteiger partial charge in [0, 0.05) is 6.54 Å². The van der Waals surface area contributed by atoms with Gasteiger partial charge in [0.05, 0.1) is 0 Å². The van der Waals surface area contributed by atoms with Gasteiger partial charge in [-0.1, -0.05) is 38.8 Å². The quantitative estimate of drug-likeness (QED) is 0.802. The highest BCUT2D eigenvalue weighted by atomic mass is 16.2. The van der Waals surface area contributed by atoms with Crippen LogP contribution in [0.25, 0.3) is 0 Å². The van der Waals surface area contributed by atoms with Gasteiger partial charge in [-0.2, -0.15) is 0 Å². The second-order valence-corrected chi connectivity index (χ2v) is 6.45. The summed E-state index contributed by atoms with van der Waals surface area (Å²) in [4.78, 5) is 27.1. The Morgan fingerprint density at radius 2 is 2.00 bits per heavy atom. The van der Waals surface area contributed by atoms with Gasteiger partial charge in [-0.15, -0.1) is 0 Å². The fraction of sp³-hybridized carbons (Fsp3) is 0.750. The van der Waals surface area contributed by atoms with Crippen molar-refractivity contribution in [3.8, 4) is 0 Å². The molecule has 1 aliphatic carbocycles. The number of rotatable bonds is 4. The Bertz CT molecular complexity index is 409. The first-order chi connectivity index (χ1) is 9.50. The molecule has 1 saturated carbocycles. The summed E-state index contributed by atoms with van der Waals surface area (Å²) in [5, 5.41) is 3.05. The first-order valence-corrected chi connectivity index (χ1v) is 7.74. The Morgan fingerprint density at radius 1 is 1.35 bits per heavy atom. The zero-order chi connectivity index (χ0) is 14.8. The third kappa shape index (κ3) is 2.74. The third-order valence-corrected chi connectivity index (χ3v) is 4.40. The average molecular weight is 278 g/mol. The zero-order valence-corrected chi connectivity index (χ0v) is 12.8. The van der Waals surface area contributed by atoms with Crippen LogP contribution in [0.3, 0.4) is 0 Å². The van der Waals surface area contributed by atoms with Crippen molar-refractivity contribution in [3.63, 3.8) is 0 Å². The molecule has 1 spiro atoms. The lowest BCUT2D eigenvalue weighted by molar-refractivity contribution is -0.154. The number of nitrogens with one attached hydrogen (secondary N) is 1. The predicted octanol–water partition coefficient (Wildman–Crippen LogP) is 2.25. The summed E-state index contributed by atoms with van der Waals surface area (Å²) in [5.74, 6) is 0.548. The number of nitrogens with zero attached hydrogens (tertiary/aromatic N) is 1. The van der Waals surface area contributed by atoms with E-state index in [1.807, 2.05) is 19.1 Å². The van der Waals surface area contributed by atoms with Gasteiger partial charge in [-0.05, 0) is 32.1 Å². The number of hydrogen-bond acceptors (Lipinski definition) is 2. The van der Waals surface area contributed by atoms with E-state index in [-0.39, 0.29) is 17.9 Å². The van der Waals surface area contributed by atoms with Gasteiger partial charge in [-0.3, -0.25) is 9.59 Å². The smallest absolute Gasteiger partial charge is 0.249 e. The number of amides is 2. The minimum atomic E-state index is -0.605. The fourth-order valence-corrected chi connectivity index (χ4v) is 3.36. The molecule has 0 aromatic heterocycles. The highest BCUT2D eigenvalue weighted by molar-refractivity contribution is 6.00. The van der Waals surface area contributed by atoms with Crippen LogP contribution in [0.2, 0.25) is 0 Å². The van der Waals surface area contributed by atoms with Crippen LogP contribution < -0.4 is 5.32 Å². The van der Waals surface area contributed by atoms with Crippen LogP contribution in [-0.4, -0.2) is 34.8 Å². The monoisotopic (exact) mass is 278 g/mol. The van der Waals surface area contributed by atoms with Crippen molar-refractivity contribution in [1.29, 1.82) is 0 Å². The number of allylic oxidation sites excluding steroid dienone is 1. The van der Waals surface area contributed by atoms with Crippen molar-refractivity contribution in [3.05, 3.63) is 12.2 Å². The normalized spacial score (nSPS) is 26.0. The second kappa shape index (κ2) is 5.98. The summed E-state index contributed by atoms with van der Waals surface area (Å²) in [6, 6.07) is -0.315. The molecule has 2 amide bonds. The summed E-state index contributed by atoms with van der Waals surface area (Å²) in [6.07, 6.45) is 8.26. The molecule has 0 radical (unpaired) electrons. The summed E-state index contributed by atoms with van der Waals surface area (Å²) in [7, 11) is 0.